The van der Waals surface area contributed by atoms with Crippen LogP contribution >= 0.6 is 0 Å². The third-order valence-electron chi connectivity index (χ3n) is 3.23. The number of amides is 2. The van der Waals surface area contributed by atoms with Crippen LogP contribution in [0.4, 0.5) is 0 Å². The summed E-state index contributed by atoms with van der Waals surface area (Å²) in [7, 11) is 0. The zero-order chi connectivity index (χ0) is 16.1. The molecule has 0 bridgehead atoms. The van der Waals surface area contributed by atoms with Gasteiger partial charge in [0, 0.05) is 11.1 Å². The summed E-state index contributed by atoms with van der Waals surface area (Å²) in [6, 6.07) is 12.2. The molecule has 0 spiro atoms. The number of phenols is 1. The third-order valence-corrected chi connectivity index (χ3v) is 3.23. The Balaban J connectivity index is 2.11. The first-order valence-electron chi connectivity index (χ1n) is 6.65. The van der Waals surface area contributed by atoms with Crippen LogP contribution in [-0.4, -0.2) is 22.1 Å². The fourth-order valence-corrected chi connectivity index (χ4v) is 1.99. The van der Waals surface area contributed by atoms with E-state index in [4.69, 9.17) is 5.21 Å². The van der Waals surface area contributed by atoms with Gasteiger partial charge in [0.1, 0.15) is 5.75 Å². The Labute approximate surface area is 127 Å². The largest absolute Gasteiger partial charge is 0.508 e. The van der Waals surface area contributed by atoms with Gasteiger partial charge in [0.2, 0.25) is 0 Å². The van der Waals surface area contributed by atoms with Crippen molar-refractivity contribution in [1.82, 2.24) is 10.8 Å². The zero-order valence-electron chi connectivity index (χ0n) is 11.9. The molecule has 4 N–H and O–H groups in total. The Morgan fingerprint density at radius 2 is 1.68 bits per heavy atom. The van der Waals surface area contributed by atoms with Gasteiger partial charge in [0.25, 0.3) is 11.8 Å². The van der Waals surface area contributed by atoms with Gasteiger partial charge in [-0.1, -0.05) is 12.1 Å². The van der Waals surface area contributed by atoms with Gasteiger partial charge in [-0.3, -0.25) is 14.8 Å². The summed E-state index contributed by atoms with van der Waals surface area (Å²) in [5, 5.41) is 20.7. The van der Waals surface area contributed by atoms with Crippen LogP contribution in [0.25, 0.3) is 0 Å². The van der Waals surface area contributed by atoms with Gasteiger partial charge in [0.15, 0.2) is 0 Å². The standard InChI is InChI=1S/C16H16N2O4/c1-10(12-3-2-4-13(9-12)16(21)18-22)17-15(20)11-5-7-14(19)8-6-11/h2-10,19,22H,1H3,(H,17,20)(H,18,21). The van der Waals surface area contributed by atoms with E-state index in [9.17, 15) is 14.7 Å². The first-order valence-corrected chi connectivity index (χ1v) is 6.65. The maximum Gasteiger partial charge on any atom is 0.274 e. The lowest BCUT2D eigenvalue weighted by atomic mass is 10.0. The molecule has 0 saturated carbocycles. The highest BCUT2D eigenvalue weighted by Crippen LogP contribution is 2.16. The SMILES string of the molecule is CC(NC(=O)c1ccc(O)cc1)c1cccc(C(=O)NO)c1. The lowest BCUT2D eigenvalue weighted by molar-refractivity contribution is 0.0706. The number of carbonyl (C=O) groups excluding carboxylic acids is 2. The molecule has 0 aliphatic heterocycles. The molecule has 0 saturated heterocycles. The molecule has 2 rings (SSSR count). The molecule has 2 aromatic rings. The molecule has 0 fully saturated rings. The molecule has 0 heterocycles. The summed E-state index contributed by atoms with van der Waals surface area (Å²) >= 11 is 0. The van der Waals surface area contributed by atoms with Crippen molar-refractivity contribution in [2.24, 2.45) is 0 Å². The van der Waals surface area contributed by atoms with Gasteiger partial charge in [-0.05, 0) is 48.9 Å². The van der Waals surface area contributed by atoms with E-state index >= 15 is 0 Å². The van der Waals surface area contributed by atoms with E-state index in [2.05, 4.69) is 5.32 Å². The molecular weight excluding hydrogens is 284 g/mol. The number of hydrogen-bond acceptors (Lipinski definition) is 4. The number of nitrogens with one attached hydrogen (secondary N) is 2. The van der Waals surface area contributed by atoms with Gasteiger partial charge >= 0.3 is 0 Å². The highest BCUT2D eigenvalue weighted by Gasteiger charge is 2.13. The molecule has 2 aromatic carbocycles. The van der Waals surface area contributed by atoms with Crippen LogP contribution in [-0.2, 0) is 0 Å². The van der Waals surface area contributed by atoms with Crippen LogP contribution in [0.15, 0.2) is 48.5 Å². The summed E-state index contributed by atoms with van der Waals surface area (Å²) in [4.78, 5) is 23.5. The molecule has 6 nitrogen and oxygen atoms in total. The zero-order valence-corrected chi connectivity index (χ0v) is 11.9. The maximum absolute atomic E-state index is 12.1. The van der Waals surface area contributed by atoms with Crippen molar-refractivity contribution in [3.05, 3.63) is 65.2 Å². The van der Waals surface area contributed by atoms with E-state index in [-0.39, 0.29) is 17.7 Å². The van der Waals surface area contributed by atoms with E-state index in [1.807, 2.05) is 0 Å². The van der Waals surface area contributed by atoms with Gasteiger partial charge < -0.3 is 10.4 Å². The summed E-state index contributed by atoms with van der Waals surface area (Å²) in [6.45, 7) is 1.79. The second-order valence-corrected chi connectivity index (χ2v) is 4.81. The molecular formula is C16H16N2O4. The van der Waals surface area contributed by atoms with Crippen molar-refractivity contribution >= 4 is 11.8 Å². The molecule has 0 aliphatic rings. The average molecular weight is 300 g/mol. The topological polar surface area (TPSA) is 98.7 Å². The average Bonchev–Trinajstić information content (AvgIpc) is 2.54. The summed E-state index contributed by atoms with van der Waals surface area (Å²) in [5.74, 6) is -0.810. The monoisotopic (exact) mass is 300 g/mol. The number of rotatable bonds is 4. The first kappa shape index (κ1) is 15.5. The van der Waals surface area contributed by atoms with Crippen molar-refractivity contribution < 1.29 is 19.9 Å². The van der Waals surface area contributed by atoms with Crippen molar-refractivity contribution in [3.63, 3.8) is 0 Å². The van der Waals surface area contributed by atoms with E-state index < -0.39 is 5.91 Å². The van der Waals surface area contributed by atoms with E-state index in [0.29, 0.717) is 11.1 Å². The van der Waals surface area contributed by atoms with E-state index in [1.54, 1.807) is 36.7 Å². The third kappa shape index (κ3) is 3.62. The number of phenolic OH excluding ortho intramolecular Hbond substituents is 1. The predicted molar refractivity (Wildman–Crippen MR) is 79.7 cm³/mol. The molecule has 0 aromatic heterocycles. The number of carbonyl (C=O) groups is 2. The number of hydrogen-bond donors (Lipinski definition) is 4. The quantitative estimate of drug-likeness (QED) is 0.512. The van der Waals surface area contributed by atoms with Gasteiger partial charge in [-0.2, -0.15) is 0 Å². The number of aromatic hydroxyl groups is 1. The van der Waals surface area contributed by atoms with Crippen LogP contribution in [0.5, 0.6) is 5.75 Å². The van der Waals surface area contributed by atoms with Crippen molar-refractivity contribution in [2.75, 3.05) is 0 Å². The van der Waals surface area contributed by atoms with E-state index in [1.165, 1.54) is 24.3 Å². The first-order chi connectivity index (χ1) is 10.5. The normalized spacial score (nSPS) is 11.5. The lowest BCUT2D eigenvalue weighted by Crippen LogP contribution is -2.27. The number of hydroxylamine groups is 1. The Kier molecular flexibility index (Phi) is 4.75. The minimum atomic E-state index is -0.612. The molecule has 6 heteroatoms. The van der Waals surface area contributed by atoms with Gasteiger partial charge in [-0.25, -0.2) is 5.48 Å². The van der Waals surface area contributed by atoms with Crippen molar-refractivity contribution in [3.8, 4) is 5.75 Å². The van der Waals surface area contributed by atoms with Crippen LogP contribution in [0.2, 0.25) is 0 Å². The summed E-state index contributed by atoms with van der Waals surface area (Å²) in [6.07, 6.45) is 0. The minimum Gasteiger partial charge on any atom is -0.508 e. The molecule has 0 radical (unpaired) electrons. The fraction of sp³-hybridized carbons (Fsp3) is 0.125. The van der Waals surface area contributed by atoms with Gasteiger partial charge in [0.05, 0.1) is 6.04 Å². The van der Waals surface area contributed by atoms with Gasteiger partial charge in [-0.15, -0.1) is 0 Å². The molecule has 1 atom stereocenters. The van der Waals surface area contributed by atoms with E-state index in [0.717, 1.165) is 5.56 Å². The fourth-order valence-electron chi connectivity index (χ4n) is 1.99. The van der Waals surface area contributed by atoms with Crippen LogP contribution in [0.3, 0.4) is 0 Å². The smallest absolute Gasteiger partial charge is 0.274 e. The molecule has 2 amide bonds. The highest BCUT2D eigenvalue weighted by atomic mass is 16.5. The number of benzene rings is 2. The minimum absolute atomic E-state index is 0.0901. The van der Waals surface area contributed by atoms with Crippen LogP contribution in [0, 0.1) is 0 Å². The Morgan fingerprint density at radius 3 is 2.32 bits per heavy atom. The Bertz CT molecular complexity index is 683. The second kappa shape index (κ2) is 6.73. The van der Waals surface area contributed by atoms with Crippen molar-refractivity contribution in [2.45, 2.75) is 13.0 Å². The van der Waals surface area contributed by atoms with Crippen molar-refractivity contribution in [1.29, 1.82) is 0 Å². The summed E-state index contributed by atoms with van der Waals surface area (Å²) in [5.41, 5.74) is 3.02. The molecule has 1 unspecified atom stereocenters. The van der Waals surface area contributed by atoms with Crippen LogP contribution < -0.4 is 10.8 Å². The maximum atomic E-state index is 12.1. The Morgan fingerprint density at radius 1 is 1.00 bits per heavy atom. The predicted octanol–water partition coefficient (Wildman–Crippen LogP) is 2.00. The lowest BCUT2D eigenvalue weighted by Gasteiger charge is -2.15. The molecule has 22 heavy (non-hydrogen) atoms. The summed E-state index contributed by atoms with van der Waals surface area (Å²) < 4.78 is 0. The molecule has 0 aliphatic carbocycles. The molecule has 114 valence electrons. The second-order valence-electron chi connectivity index (χ2n) is 4.81. The van der Waals surface area contributed by atoms with Crippen LogP contribution in [0.1, 0.15) is 39.2 Å². The highest BCUT2D eigenvalue weighted by molar-refractivity contribution is 5.95. The Hall–Kier alpha value is -2.86.